The minimum absolute atomic E-state index is 0.413. The topological polar surface area (TPSA) is 119 Å². The first-order chi connectivity index (χ1) is 13.8. The Morgan fingerprint density at radius 3 is 2.62 bits per heavy atom. The predicted octanol–water partition coefficient (Wildman–Crippen LogP) is 2.94. The van der Waals surface area contributed by atoms with E-state index < -0.39 is 10.8 Å². The van der Waals surface area contributed by atoms with Gasteiger partial charge in [-0.3, -0.25) is 9.11 Å². The average Bonchev–Trinajstić information content (AvgIpc) is 3.21. The molecule has 10 heteroatoms. The van der Waals surface area contributed by atoms with Crippen molar-refractivity contribution in [2.45, 2.75) is 46.8 Å². The van der Waals surface area contributed by atoms with Crippen LogP contribution in [0.1, 0.15) is 36.8 Å². The van der Waals surface area contributed by atoms with Crippen LogP contribution in [0.5, 0.6) is 0 Å². The molecule has 0 aliphatic carbocycles. The van der Waals surface area contributed by atoms with Crippen LogP contribution >= 0.6 is 10.8 Å². The Labute approximate surface area is 173 Å². The SMILES string of the molecule is CCOCc1nc2c(N)nc(C)c(C)c2n1CCOCCCN1CCCS1(O)O. The molecular weight excluding hydrogens is 394 g/mol. The molecule has 0 atom stereocenters. The minimum Gasteiger partial charge on any atom is -0.382 e. The fourth-order valence-electron chi connectivity index (χ4n) is 3.66. The van der Waals surface area contributed by atoms with E-state index in [1.807, 2.05) is 20.8 Å². The lowest BCUT2D eigenvalue weighted by Gasteiger charge is -2.36. The lowest BCUT2D eigenvalue weighted by molar-refractivity contribution is 0.110. The molecule has 9 nitrogen and oxygen atoms in total. The number of pyridine rings is 1. The number of hydrogen-bond donors (Lipinski definition) is 3. The molecule has 3 heterocycles. The van der Waals surface area contributed by atoms with Crippen molar-refractivity contribution in [1.82, 2.24) is 18.8 Å². The van der Waals surface area contributed by atoms with Gasteiger partial charge in [-0.25, -0.2) is 14.3 Å². The van der Waals surface area contributed by atoms with E-state index in [4.69, 9.17) is 15.2 Å². The van der Waals surface area contributed by atoms with Crippen molar-refractivity contribution in [3.8, 4) is 0 Å². The first kappa shape index (κ1) is 22.3. The van der Waals surface area contributed by atoms with Crippen LogP contribution < -0.4 is 5.73 Å². The number of aryl methyl sites for hydroxylation is 2. The van der Waals surface area contributed by atoms with Gasteiger partial charge in [-0.1, -0.05) is 0 Å². The summed E-state index contributed by atoms with van der Waals surface area (Å²) >= 11 is 0. The molecule has 0 saturated carbocycles. The van der Waals surface area contributed by atoms with Crippen LogP contribution in [0.2, 0.25) is 0 Å². The van der Waals surface area contributed by atoms with Gasteiger partial charge < -0.3 is 19.8 Å². The highest BCUT2D eigenvalue weighted by Crippen LogP contribution is 2.48. The van der Waals surface area contributed by atoms with Crippen molar-refractivity contribution in [2.75, 3.05) is 44.4 Å². The van der Waals surface area contributed by atoms with Crippen LogP contribution in [0.15, 0.2) is 0 Å². The number of ether oxygens (including phenoxy) is 2. The van der Waals surface area contributed by atoms with Crippen LogP contribution in [-0.4, -0.2) is 66.6 Å². The number of rotatable bonds is 10. The monoisotopic (exact) mass is 427 g/mol. The molecule has 29 heavy (non-hydrogen) atoms. The van der Waals surface area contributed by atoms with Crippen LogP contribution in [0.25, 0.3) is 11.0 Å². The average molecular weight is 428 g/mol. The van der Waals surface area contributed by atoms with E-state index in [1.54, 1.807) is 4.31 Å². The van der Waals surface area contributed by atoms with Gasteiger partial charge in [-0.05, 0) is 39.2 Å². The summed E-state index contributed by atoms with van der Waals surface area (Å²) in [5.41, 5.74) is 9.76. The normalized spacial score (nSPS) is 18.0. The molecule has 1 aliphatic heterocycles. The Bertz CT molecular complexity index is 842. The lowest BCUT2D eigenvalue weighted by Crippen LogP contribution is -2.24. The lowest BCUT2D eigenvalue weighted by atomic mass is 10.2. The summed E-state index contributed by atoms with van der Waals surface area (Å²) in [5, 5.41) is 0. The molecule has 0 radical (unpaired) electrons. The molecule has 0 aromatic carbocycles. The zero-order chi connectivity index (χ0) is 21.0. The summed E-state index contributed by atoms with van der Waals surface area (Å²) in [6.45, 7) is 10.1. The zero-order valence-corrected chi connectivity index (χ0v) is 18.4. The van der Waals surface area contributed by atoms with Crippen molar-refractivity contribution < 1.29 is 18.6 Å². The Balaban J connectivity index is 1.61. The van der Waals surface area contributed by atoms with E-state index in [2.05, 4.69) is 14.5 Å². The fourth-order valence-corrected chi connectivity index (χ4v) is 5.28. The summed E-state index contributed by atoms with van der Waals surface area (Å²) in [6.07, 6.45) is 1.61. The Hall–Kier alpha value is -1.43. The largest absolute Gasteiger partial charge is 0.382 e. The van der Waals surface area contributed by atoms with Gasteiger partial charge >= 0.3 is 0 Å². The second kappa shape index (κ2) is 9.59. The van der Waals surface area contributed by atoms with E-state index >= 15 is 0 Å². The molecule has 3 rings (SSSR count). The highest BCUT2D eigenvalue weighted by Gasteiger charge is 2.27. The molecule has 164 valence electrons. The molecule has 2 aromatic rings. The van der Waals surface area contributed by atoms with Gasteiger partial charge in [0, 0.05) is 38.5 Å². The van der Waals surface area contributed by atoms with E-state index in [0.717, 1.165) is 42.0 Å². The summed E-state index contributed by atoms with van der Waals surface area (Å²) in [7, 11) is -2.53. The fraction of sp³-hybridized carbons (Fsp3) is 0.684. The third-order valence-corrected chi connectivity index (χ3v) is 7.33. The van der Waals surface area contributed by atoms with Crippen molar-refractivity contribution in [3.63, 3.8) is 0 Å². The summed E-state index contributed by atoms with van der Waals surface area (Å²) in [6, 6.07) is 0. The number of nitrogens with zero attached hydrogens (tertiary/aromatic N) is 4. The van der Waals surface area contributed by atoms with Gasteiger partial charge in [0.05, 0.1) is 17.9 Å². The standard InChI is InChI=1S/C19H33N5O4S/c1-4-27-13-16-22-17-18(14(2)15(3)21-19(17)20)24(16)9-11-28-10-5-7-23-8-6-12-29(23,25)26/h25-26H,4-13H2,1-3H3,(H2,20,21). The maximum absolute atomic E-state index is 9.94. The Kier molecular flexibility index (Phi) is 7.36. The van der Waals surface area contributed by atoms with Crippen molar-refractivity contribution in [1.29, 1.82) is 0 Å². The Morgan fingerprint density at radius 1 is 1.14 bits per heavy atom. The number of nitrogen functional groups attached to an aromatic ring is 1. The number of nitrogens with two attached hydrogens (primary N) is 1. The summed E-state index contributed by atoms with van der Waals surface area (Å²) in [5.74, 6) is 1.74. The van der Waals surface area contributed by atoms with Crippen LogP contribution in [0.3, 0.4) is 0 Å². The molecular formula is C19H33N5O4S. The number of imidazole rings is 1. The van der Waals surface area contributed by atoms with E-state index in [9.17, 15) is 9.11 Å². The van der Waals surface area contributed by atoms with Gasteiger partial charge in [0.2, 0.25) is 0 Å². The molecule has 0 bridgehead atoms. The van der Waals surface area contributed by atoms with E-state index in [1.165, 1.54) is 0 Å². The molecule has 0 spiro atoms. The second-order valence-corrected chi connectivity index (χ2v) is 9.50. The van der Waals surface area contributed by atoms with Gasteiger partial charge in [-0.15, -0.1) is 10.8 Å². The van der Waals surface area contributed by atoms with Crippen LogP contribution in [-0.2, 0) is 22.6 Å². The third kappa shape index (κ3) is 5.01. The van der Waals surface area contributed by atoms with Crippen molar-refractivity contribution >= 4 is 27.6 Å². The molecule has 0 amide bonds. The number of fused-ring (bicyclic) bond motifs is 1. The van der Waals surface area contributed by atoms with E-state index in [-0.39, 0.29) is 0 Å². The highest BCUT2D eigenvalue weighted by molar-refractivity contribution is 8.22. The molecule has 4 N–H and O–H groups in total. The highest BCUT2D eigenvalue weighted by atomic mass is 32.3. The maximum Gasteiger partial charge on any atom is 0.151 e. The number of anilines is 1. The van der Waals surface area contributed by atoms with Gasteiger partial charge in [0.1, 0.15) is 17.9 Å². The van der Waals surface area contributed by atoms with Gasteiger partial charge in [0.15, 0.2) is 5.82 Å². The van der Waals surface area contributed by atoms with Crippen molar-refractivity contribution in [2.24, 2.45) is 0 Å². The van der Waals surface area contributed by atoms with Gasteiger partial charge in [-0.2, -0.15) is 0 Å². The Morgan fingerprint density at radius 2 is 1.93 bits per heavy atom. The minimum atomic E-state index is -2.53. The predicted molar refractivity (Wildman–Crippen MR) is 116 cm³/mol. The van der Waals surface area contributed by atoms with Crippen LogP contribution in [0.4, 0.5) is 5.82 Å². The first-order valence-corrected chi connectivity index (χ1v) is 11.8. The van der Waals surface area contributed by atoms with E-state index in [0.29, 0.717) is 56.6 Å². The second-order valence-electron chi connectivity index (χ2n) is 7.31. The zero-order valence-electron chi connectivity index (χ0n) is 17.6. The van der Waals surface area contributed by atoms with Crippen molar-refractivity contribution in [3.05, 3.63) is 17.1 Å². The summed E-state index contributed by atoms with van der Waals surface area (Å²) < 4.78 is 35.2. The molecule has 2 aromatic heterocycles. The smallest absolute Gasteiger partial charge is 0.151 e. The summed E-state index contributed by atoms with van der Waals surface area (Å²) in [4.78, 5) is 9.06. The quantitative estimate of drug-likeness (QED) is 0.495. The number of aromatic nitrogens is 3. The molecule has 1 fully saturated rings. The number of hydrogen-bond acceptors (Lipinski definition) is 8. The maximum atomic E-state index is 9.94. The van der Waals surface area contributed by atoms with Gasteiger partial charge in [0.25, 0.3) is 0 Å². The molecule has 0 unspecified atom stereocenters. The first-order valence-electron chi connectivity index (χ1n) is 10.1. The third-order valence-electron chi connectivity index (χ3n) is 5.31. The molecule has 1 saturated heterocycles. The molecule has 1 aliphatic rings. The van der Waals surface area contributed by atoms with Crippen LogP contribution in [0, 0.1) is 13.8 Å².